The Morgan fingerprint density at radius 1 is 0.927 bits per heavy atom. The molecular formula is C33H34FN5O2. The van der Waals surface area contributed by atoms with Crippen LogP contribution in [0.25, 0.3) is 11.1 Å². The standard InChI is InChI=1S/C33H34FN5O2/c1-2-36-32(40)29(24-9-4-3-5-10-24)23-38-17-19-39(20-18-38)31-15-14-26(21-30(31)34)37-33(41)28-13-7-6-12-27(28)25-11-8-16-35-22-25/h3-16,21-22,29H,2,17-20,23H2,1H3,(H,36,40)(H,37,41). The summed E-state index contributed by atoms with van der Waals surface area (Å²) in [6.07, 6.45) is 3.39. The van der Waals surface area contributed by atoms with Gasteiger partial charge in [0, 0.05) is 68.5 Å². The molecule has 210 valence electrons. The minimum Gasteiger partial charge on any atom is -0.367 e. The number of hydrogen-bond acceptors (Lipinski definition) is 5. The van der Waals surface area contributed by atoms with E-state index in [0.29, 0.717) is 56.2 Å². The first-order valence-electron chi connectivity index (χ1n) is 13.9. The number of hydrogen-bond donors (Lipinski definition) is 2. The van der Waals surface area contributed by atoms with E-state index in [9.17, 15) is 9.59 Å². The number of carbonyl (C=O) groups is 2. The SMILES string of the molecule is CCNC(=O)C(CN1CCN(c2ccc(NC(=O)c3ccccc3-c3cccnc3)cc2F)CC1)c1ccccc1. The maximum Gasteiger partial charge on any atom is 0.256 e. The normalized spacial score (nSPS) is 14.3. The number of aromatic nitrogens is 1. The smallest absolute Gasteiger partial charge is 0.256 e. The molecule has 4 aromatic rings. The van der Waals surface area contributed by atoms with E-state index in [0.717, 1.165) is 16.7 Å². The summed E-state index contributed by atoms with van der Waals surface area (Å²) in [5.41, 5.74) is 3.97. The minimum atomic E-state index is -0.388. The van der Waals surface area contributed by atoms with E-state index < -0.39 is 0 Å². The van der Waals surface area contributed by atoms with Crippen molar-refractivity contribution in [2.24, 2.45) is 0 Å². The number of pyridine rings is 1. The number of rotatable bonds is 9. The number of nitrogens with one attached hydrogen (secondary N) is 2. The molecule has 2 amide bonds. The van der Waals surface area contributed by atoms with Gasteiger partial charge in [0.2, 0.25) is 5.91 Å². The first kappa shape index (κ1) is 28.0. The highest BCUT2D eigenvalue weighted by atomic mass is 19.1. The molecule has 1 aliphatic rings. The van der Waals surface area contributed by atoms with Gasteiger partial charge in [0.15, 0.2) is 0 Å². The van der Waals surface area contributed by atoms with Crippen LogP contribution in [0.15, 0.2) is 97.3 Å². The Morgan fingerprint density at radius 2 is 1.68 bits per heavy atom. The van der Waals surface area contributed by atoms with E-state index in [2.05, 4.69) is 20.5 Å². The minimum absolute atomic E-state index is 0.0212. The molecule has 0 saturated carbocycles. The first-order valence-corrected chi connectivity index (χ1v) is 13.9. The lowest BCUT2D eigenvalue weighted by Gasteiger charge is -2.37. The van der Waals surface area contributed by atoms with Gasteiger partial charge in [-0.2, -0.15) is 0 Å². The number of piperazine rings is 1. The average Bonchev–Trinajstić information content (AvgIpc) is 3.01. The van der Waals surface area contributed by atoms with Crippen molar-refractivity contribution in [3.05, 3.63) is 114 Å². The molecule has 1 unspecified atom stereocenters. The first-order chi connectivity index (χ1) is 20.0. The molecule has 0 spiro atoms. The molecule has 0 bridgehead atoms. The van der Waals surface area contributed by atoms with Crippen molar-refractivity contribution < 1.29 is 14.0 Å². The van der Waals surface area contributed by atoms with Gasteiger partial charge in [-0.25, -0.2) is 4.39 Å². The fraction of sp³-hybridized carbons (Fsp3) is 0.242. The molecule has 1 atom stereocenters. The number of amides is 2. The van der Waals surface area contributed by atoms with Crippen LogP contribution in [0.4, 0.5) is 15.8 Å². The van der Waals surface area contributed by atoms with E-state index in [1.54, 1.807) is 36.7 Å². The van der Waals surface area contributed by atoms with Crippen molar-refractivity contribution in [3.8, 4) is 11.1 Å². The summed E-state index contributed by atoms with van der Waals surface area (Å²) in [5.74, 6) is -0.940. The highest BCUT2D eigenvalue weighted by molar-refractivity contribution is 6.08. The number of halogens is 1. The molecule has 2 heterocycles. The number of carbonyl (C=O) groups excluding carboxylic acids is 2. The molecular weight excluding hydrogens is 517 g/mol. The van der Waals surface area contributed by atoms with Crippen molar-refractivity contribution in [1.29, 1.82) is 0 Å². The Morgan fingerprint density at radius 3 is 2.39 bits per heavy atom. The zero-order valence-corrected chi connectivity index (χ0v) is 23.1. The Labute approximate surface area is 240 Å². The van der Waals surface area contributed by atoms with Gasteiger partial charge >= 0.3 is 0 Å². The average molecular weight is 552 g/mol. The van der Waals surface area contributed by atoms with E-state index in [4.69, 9.17) is 0 Å². The van der Waals surface area contributed by atoms with Crippen LogP contribution in [-0.2, 0) is 4.79 Å². The Bertz CT molecular complexity index is 1470. The highest BCUT2D eigenvalue weighted by Crippen LogP contribution is 2.27. The molecule has 2 N–H and O–H groups in total. The summed E-state index contributed by atoms with van der Waals surface area (Å²) < 4.78 is 15.3. The van der Waals surface area contributed by atoms with E-state index in [1.165, 1.54) is 6.07 Å². The van der Waals surface area contributed by atoms with Crippen LogP contribution in [0.3, 0.4) is 0 Å². The highest BCUT2D eigenvalue weighted by Gasteiger charge is 2.26. The molecule has 0 aliphatic carbocycles. The van der Waals surface area contributed by atoms with Crippen molar-refractivity contribution in [2.45, 2.75) is 12.8 Å². The maximum absolute atomic E-state index is 15.3. The van der Waals surface area contributed by atoms with E-state index in [1.807, 2.05) is 66.4 Å². The zero-order valence-electron chi connectivity index (χ0n) is 23.1. The van der Waals surface area contributed by atoms with Crippen molar-refractivity contribution in [3.63, 3.8) is 0 Å². The van der Waals surface area contributed by atoms with Crippen molar-refractivity contribution >= 4 is 23.2 Å². The summed E-state index contributed by atoms with van der Waals surface area (Å²) >= 11 is 0. The molecule has 3 aromatic carbocycles. The predicted molar refractivity (Wildman–Crippen MR) is 161 cm³/mol. The largest absolute Gasteiger partial charge is 0.367 e. The quantitative estimate of drug-likeness (QED) is 0.300. The van der Waals surface area contributed by atoms with Crippen LogP contribution in [0, 0.1) is 5.82 Å². The van der Waals surface area contributed by atoms with Crippen LogP contribution in [0.5, 0.6) is 0 Å². The molecule has 1 fully saturated rings. The fourth-order valence-corrected chi connectivity index (χ4v) is 5.25. The lowest BCUT2D eigenvalue weighted by molar-refractivity contribution is -0.122. The van der Waals surface area contributed by atoms with Crippen LogP contribution in [0.1, 0.15) is 28.8 Å². The molecule has 0 radical (unpaired) electrons. The van der Waals surface area contributed by atoms with Gasteiger partial charge in [-0.3, -0.25) is 19.5 Å². The van der Waals surface area contributed by atoms with Gasteiger partial charge in [0.25, 0.3) is 5.91 Å². The van der Waals surface area contributed by atoms with Gasteiger partial charge in [0.05, 0.1) is 11.6 Å². The summed E-state index contributed by atoms with van der Waals surface area (Å²) in [4.78, 5) is 34.4. The monoisotopic (exact) mass is 551 g/mol. The van der Waals surface area contributed by atoms with E-state index >= 15 is 4.39 Å². The summed E-state index contributed by atoms with van der Waals surface area (Å²) in [5, 5.41) is 5.80. The molecule has 1 saturated heterocycles. The third-order valence-electron chi connectivity index (χ3n) is 7.37. The van der Waals surface area contributed by atoms with Crippen molar-refractivity contribution in [1.82, 2.24) is 15.2 Å². The summed E-state index contributed by atoms with van der Waals surface area (Å²) in [6, 6.07) is 25.7. The van der Waals surface area contributed by atoms with E-state index in [-0.39, 0.29) is 23.5 Å². The third-order valence-corrected chi connectivity index (χ3v) is 7.37. The molecule has 1 aromatic heterocycles. The van der Waals surface area contributed by atoms with Crippen LogP contribution in [-0.4, -0.2) is 61.0 Å². The molecule has 7 nitrogen and oxygen atoms in total. The Kier molecular flexibility index (Phi) is 9.01. The molecule has 8 heteroatoms. The summed E-state index contributed by atoms with van der Waals surface area (Å²) in [6.45, 7) is 5.82. The van der Waals surface area contributed by atoms with Gasteiger partial charge in [-0.1, -0.05) is 54.6 Å². The third kappa shape index (κ3) is 6.78. The van der Waals surface area contributed by atoms with Gasteiger partial charge in [-0.15, -0.1) is 0 Å². The van der Waals surface area contributed by atoms with Crippen LogP contribution < -0.4 is 15.5 Å². The lowest BCUT2D eigenvalue weighted by atomic mass is 9.97. The van der Waals surface area contributed by atoms with Gasteiger partial charge in [-0.05, 0) is 48.4 Å². The summed E-state index contributed by atoms with van der Waals surface area (Å²) in [7, 11) is 0. The second-order valence-electron chi connectivity index (χ2n) is 10.1. The second kappa shape index (κ2) is 13.2. The number of anilines is 2. The lowest BCUT2D eigenvalue weighted by Crippen LogP contribution is -2.49. The number of nitrogens with zero attached hydrogens (tertiary/aromatic N) is 3. The fourth-order valence-electron chi connectivity index (χ4n) is 5.25. The number of benzene rings is 3. The Hall–Kier alpha value is -4.56. The predicted octanol–water partition coefficient (Wildman–Crippen LogP) is 5.18. The van der Waals surface area contributed by atoms with Gasteiger partial charge in [0.1, 0.15) is 5.82 Å². The van der Waals surface area contributed by atoms with Crippen LogP contribution in [0.2, 0.25) is 0 Å². The second-order valence-corrected chi connectivity index (χ2v) is 10.1. The molecule has 5 rings (SSSR count). The molecule has 41 heavy (non-hydrogen) atoms. The van der Waals surface area contributed by atoms with Crippen molar-refractivity contribution in [2.75, 3.05) is 49.5 Å². The molecule has 1 aliphatic heterocycles. The van der Waals surface area contributed by atoms with Crippen LogP contribution >= 0.6 is 0 Å². The Balaban J connectivity index is 1.22. The topological polar surface area (TPSA) is 77.6 Å². The maximum atomic E-state index is 15.3. The zero-order chi connectivity index (χ0) is 28.6. The number of likely N-dealkylation sites (N-methyl/N-ethyl adjacent to an activating group) is 1. The van der Waals surface area contributed by atoms with Gasteiger partial charge < -0.3 is 15.5 Å².